The van der Waals surface area contributed by atoms with Crippen molar-refractivity contribution < 1.29 is 9.53 Å². The number of rotatable bonds is 4. The first-order valence-corrected chi connectivity index (χ1v) is 4.80. The van der Waals surface area contributed by atoms with Crippen LogP contribution in [0.5, 0.6) is 0 Å². The van der Waals surface area contributed by atoms with E-state index in [1.54, 1.807) is 6.20 Å². The van der Waals surface area contributed by atoms with Gasteiger partial charge in [-0.05, 0) is 13.8 Å². The highest BCUT2D eigenvalue weighted by atomic mass is 16.5. The van der Waals surface area contributed by atoms with Crippen LogP contribution in [0.3, 0.4) is 0 Å². The molecule has 1 aromatic heterocycles. The van der Waals surface area contributed by atoms with Gasteiger partial charge < -0.3 is 15.0 Å². The maximum atomic E-state index is 11.5. The Balaban J connectivity index is 2.81. The Kier molecular flexibility index (Phi) is 3.47. The second kappa shape index (κ2) is 4.44. The number of imidazole rings is 1. The van der Waals surface area contributed by atoms with E-state index in [-0.39, 0.29) is 5.97 Å². The molecule has 0 atom stereocenters. The van der Waals surface area contributed by atoms with Gasteiger partial charge in [0.25, 0.3) is 0 Å². The minimum Gasteiger partial charge on any atom is -0.469 e. The van der Waals surface area contributed by atoms with Crippen LogP contribution < -0.4 is 5.73 Å². The molecule has 1 aromatic rings. The number of ether oxygens (including phenoxy) is 1. The van der Waals surface area contributed by atoms with E-state index in [1.165, 1.54) is 7.11 Å². The number of hydrogen-bond acceptors (Lipinski definition) is 4. The van der Waals surface area contributed by atoms with Gasteiger partial charge >= 0.3 is 5.97 Å². The predicted octanol–water partition coefficient (Wildman–Crippen LogP) is 0.541. The number of carbonyl (C=O) groups excluding carboxylic acids is 1. The van der Waals surface area contributed by atoms with Crippen LogP contribution >= 0.6 is 0 Å². The van der Waals surface area contributed by atoms with Crippen LogP contribution in [0.1, 0.15) is 19.7 Å². The lowest BCUT2D eigenvalue weighted by Crippen LogP contribution is -2.31. The lowest BCUT2D eigenvalue weighted by molar-refractivity contribution is -0.151. The van der Waals surface area contributed by atoms with Gasteiger partial charge in [-0.1, -0.05) is 0 Å². The molecule has 0 aliphatic heterocycles. The van der Waals surface area contributed by atoms with E-state index in [0.717, 1.165) is 5.82 Å². The fourth-order valence-corrected chi connectivity index (χ4v) is 1.44. The van der Waals surface area contributed by atoms with Gasteiger partial charge in [0.2, 0.25) is 0 Å². The van der Waals surface area contributed by atoms with E-state index >= 15 is 0 Å². The van der Waals surface area contributed by atoms with Crippen LogP contribution in [0.15, 0.2) is 12.4 Å². The zero-order chi connectivity index (χ0) is 11.5. The highest BCUT2D eigenvalue weighted by Crippen LogP contribution is 2.20. The second-order valence-electron chi connectivity index (χ2n) is 4.05. The van der Waals surface area contributed by atoms with Gasteiger partial charge in [0.05, 0.1) is 19.1 Å². The minimum atomic E-state index is -0.570. The summed E-state index contributed by atoms with van der Waals surface area (Å²) in [5, 5.41) is 0. The summed E-state index contributed by atoms with van der Waals surface area (Å²) in [5.41, 5.74) is 4.95. The number of nitrogens with two attached hydrogens (primary N) is 1. The van der Waals surface area contributed by atoms with Crippen LogP contribution in [0, 0.1) is 5.41 Å². The molecule has 0 bridgehead atoms. The van der Waals surface area contributed by atoms with E-state index in [0.29, 0.717) is 13.1 Å². The molecule has 0 spiro atoms. The van der Waals surface area contributed by atoms with Gasteiger partial charge in [-0.15, -0.1) is 0 Å². The zero-order valence-corrected chi connectivity index (χ0v) is 9.36. The monoisotopic (exact) mass is 211 g/mol. The summed E-state index contributed by atoms with van der Waals surface area (Å²) in [4.78, 5) is 15.6. The first-order chi connectivity index (χ1) is 7.01. The van der Waals surface area contributed by atoms with Crippen LogP contribution in [0.25, 0.3) is 0 Å². The molecule has 0 saturated heterocycles. The predicted molar refractivity (Wildman–Crippen MR) is 55.9 cm³/mol. The first kappa shape index (κ1) is 11.7. The van der Waals surface area contributed by atoms with Gasteiger partial charge in [-0.2, -0.15) is 0 Å². The Bertz CT molecular complexity index is 344. The largest absolute Gasteiger partial charge is 0.469 e. The Morgan fingerprint density at radius 2 is 2.33 bits per heavy atom. The van der Waals surface area contributed by atoms with Crippen LogP contribution in [0.2, 0.25) is 0 Å². The lowest BCUT2D eigenvalue weighted by atomic mass is 9.93. The molecule has 5 nitrogen and oxygen atoms in total. The van der Waals surface area contributed by atoms with Crippen molar-refractivity contribution in [2.24, 2.45) is 11.1 Å². The van der Waals surface area contributed by atoms with Crippen LogP contribution in [-0.2, 0) is 22.6 Å². The smallest absolute Gasteiger partial charge is 0.313 e. The van der Waals surface area contributed by atoms with Crippen molar-refractivity contribution in [3.63, 3.8) is 0 Å². The molecule has 0 aliphatic rings. The third-order valence-corrected chi connectivity index (χ3v) is 2.29. The third-order valence-electron chi connectivity index (χ3n) is 2.29. The van der Waals surface area contributed by atoms with E-state index in [1.807, 2.05) is 24.6 Å². The molecule has 0 aromatic carbocycles. The second-order valence-corrected chi connectivity index (χ2v) is 4.05. The highest BCUT2D eigenvalue weighted by Gasteiger charge is 2.29. The van der Waals surface area contributed by atoms with Gasteiger partial charge in [-0.3, -0.25) is 4.79 Å². The van der Waals surface area contributed by atoms with Gasteiger partial charge in [0.1, 0.15) is 5.82 Å². The van der Waals surface area contributed by atoms with Crippen LogP contribution in [-0.4, -0.2) is 22.6 Å². The van der Waals surface area contributed by atoms with Crippen molar-refractivity contribution >= 4 is 5.97 Å². The summed E-state index contributed by atoms with van der Waals surface area (Å²) >= 11 is 0. The standard InChI is InChI=1S/C10H17N3O2/c1-10(2,9(14)15-3)7-13-5-4-12-8(13)6-11/h4-5H,6-7,11H2,1-3H3. The van der Waals surface area contributed by atoms with E-state index in [9.17, 15) is 4.79 Å². The molecule has 1 heterocycles. The van der Waals surface area contributed by atoms with Crippen molar-refractivity contribution in [3.8, 4) is 0 Å². The average Bonchev–Trinajstić information content (AvgIpc) is 2.63. The van der Waals surface area contributed by atoms with Gasteiger partial charge in [0.15, 0.2) is 0 Å². The average molecular weight is 211 g/mol. The molecular formula is C10H17N3O2. The Morgan fingerprint density at radius 1 is 1.67 bits per heavy atom. The molecule has 0 amide bonds. The molecule has 0 saturated carbocycles. The van der Waals surface area contributed by atoms with Gasteiger partial charge in [0, 0.05) is 18.9 Å². The Labute approximate surface area is 89.2 Å². The highest BCUT2D eigenvalue weighted by molar-refractivity contribution is 5.75. The van der Waals surface area contributed by atoms with Crippen molar-refractivity contribution in [1.82, 2.24) is 9.55 Å². The zero-order valence-electron chi connectivity index (χ0n) is 9.36. The summed E-state index contributed by atoms with van der Waals surface area (Å²) in [6, 6.07) is 0. The summed E-state index contributed by atoms with van der Waals surface area (Å²) < 4.78 is 6.61. The van der Waals surface area contributed by atoms with E-state index < -0.39 is 5.41 Å². The fourth-order valence-electron chi connectivity index (χ4n) is 1.44. The van der Waals surface area contributed by atoms with Crippen molar-refractivity contribution in [1.29, 1.82) is 0 Å². The minimum absolute atomic E-state index is 0.237. The number of carbonyl (C=O) groups is 1. The molecule has 0 aliphatic carbocycles. The molecule has 0 fully saturated rings. The third kappa shape index (κ3) is 2.56. The van der Waals surface area contributed by atoms with Crippen molar-refractivity contribution in [2.75, 3.05) is 7.11 Å². The molecule has 0 unspecified atom stereocenters. The summed E-state index contributed by atoms with van der Waals surface area (Å²) in [5.74, 6) is 0.533. The molecular weight excluding hydrogens is 194 g/mol. The number of methoxy groups -OCH3 is 1. The molecule has 84 valence electrons. The number of esters is 1. The Morgan fingerprint density at radius 3 is 2.87 bits per heavy atom. The molecule has 1 rings (SSSR count). The Hall–Kier alpha value is -1.36. The summed E-state index contributed by atoms with van der Waals surface area (Å²) in [6.45, 7) is 4.55. The van der Waals surface area contributed by atoms with E-state index in [2.05, 4.69) is 4.98 Å². The fraction of sp³-hybridized carbons (Fsp3) is 0.600. The van der Waals surface area contributed by atoms with E-state index in [4.69, 9.17) is 10.5 Å². The van der Waals surface area contributed by atoms with Crippen molar-refractivity contribution in [3.05, 3.63) is 18.2 Å². The first-order valence-electron chi connectivity index (χ1n) is 4.80. The van der Waals surface area contributed by atoms with Gasteiger partial charge in [-0.25, -0.2) is 4.98 Å². The normalized spacial score (nSPS) is 11.5. The quantitative estimate of drug-likeness (QED) is 0.738. The molecule has 5 heteroatoms. The number of nitrogens with zero attached hydrogens (tertiary/aromatic N) is 2. The van der Waals surface area contributed by atoms with Crippen LogP contribution in [0.4, 0.5) is 0 Å². The summed E-state index contributed by atoms with van der Waals surface area (Å²) in [7, 11) is 1.39. The lowest BCUT2D eigenvalue weighted by Gasteiger charge is -2.22. The maximum absolute atomic E-state index is 11.5. The molecule has 2 N–H and O–H groups in total. The number of hydrogen-bond donors (Lipinski definition) is 1. The number of aromatic nitrogens is 2. The van der Waals surface area contributed by atoms with Crippen molar-refractivity contribution in [2.45, 2.75) is 26.9 Å². The molecule has 0 radical (unpaired) electrons. The summed E-state index contributed by atoms with van der Waals surface area (Å²) in [6.07, 6.45) is 3.49. The SMILES string of the molecule is COC(=O)C(C)(C)Cn1ccnc1CN. The topological polar surface area (TPSA) is 70.1 Å². The maximum Gasteiger partial charge on any atom is 0.313 e. The molecule has 15 heavy (non-hydrogen) atoms.